The van der Waals surface area contributed by atoms with Gasteiger partial charge in [0.05, 0.1) is 12.3 Å². The fourth-order valence-electron chi connectivity index (χ4n) is 0.828. The van der Waals surface area contributed by atoms with Crippen molar-refractivity contribution in [2.75, 3.05) is 12.4 Å². The number of nitrogens with zero attached hydrogens (tertiary/aromatic N) is 2. The average Bonchev–Trinajstić information content (AvgIpc) is 2.21. The fraction of sp³-hybridized carbons (Fsp3) is 0.556. The summed E-state index contributed by atoms with van der Waals surface area (Å²) < 4.78 is 5.51. The fourth-order valence-corrected chi connectivity index (χ4v) is 0.964. The van der Waals surface area contributed by atoms with Gasteiger partial charge >= 0.3 is 0 Å². The molecule has 0 fully saturated rings. The Hall–Kier alpha value is -1.03. The maximum absolute atomic E-state index is 5.88. The van der Waals surface area contributed by atoms with Crippen LogP contribution in [0.5, 0.6) is 5.88 Å². The molecule has 0 bridgehead atoms. The van der Waals surface area contributed by atoms with E-state index in [0.29, 0.717) is 16.9 Å². The van der Waals surface area contributed by atoms with Gasteiger partial charge in [-0.2, -0.15) is 4.98 Å². The number of aromatic nitrogens is 2. The van der Waals surface area contributed by atoms with Crippen molar-refractivity contribution in [3.05, 3.63) is 11.2 Å². The lowest BCUT2D eigenvalue weighted by Gasteiger charge is -2.12. The lowest BCUT2D eigenvalue weighted by atomic mass is 10.3. The van der Waals surface area contributed by atoms with Crippen molar-refractivity contribution < 1.29 is 4.74 Å². The van der Waals surface area contributed by atoms with Crippen molar-refractivity contribution in [3.8, 4) is 5.88 Å². The highest BCUT2D eigenvalue weighted by Gasteiger charge is 2.08. The van der Waals surface area contributed by atoms with Crippen LogP contribution >= 0.6 is 11.6 Å². The van der Waals surface area contributed by atoms with Crippen LogP contribution in [-0.2, 0) is 0 Å². The minimum Gasteiger partial charge on any atom is -0.473 e. The zero-order valence-electron chi connectivity index (χ0n) is 8.54. The van der Waals surface area contributed by atoms with E-state index >= 15 is 0 Å². The maximum Gasteiger partial charge on any atom is 0.237 e. The molecular weight excluding hydrogens is 202 g/mol. The van der Waals surface area contributed by atoms with Crippen molar-refractivity contribution >= 4 is 17.5 Å². The molecule has 1 heterocycles. The summed E-state index contributed by atoms with van der Waals surface area (Å²) in [5.74, 6) is 0.938. The van der Waals surface area contributed by atoms with Gasteiger partial charge in [-0.3, -0.25) is 0 Å². The highest BCUT2D eigenvalue weighted by atomic mass is 35.5. The first-order valence-electron chi connectivity index (χ1n) is 4.54. The molecule has 0 spiro atoms. The molecule has 1 unspecified atom stereocenters. The van der Waals surface area contributed by atoms with E-state index in [9.17, 15) is 0 Å². The molecule has 1 rings (SSSR count). The van der Waals surface area contributed by atoms with Crippen molar-refractivity contribution in [2.45, 2.75) is 26.4 Å². The second kappa shape index (κ2) is 5.00. The number of nitrogens with one attached hydrogen (secondary N) is 1. The van der Waals surface area contributed by atoms with Crippen molar-refractivity contribution in [1.29, 1.82) is 0 Å². The van der Waals surface area contributed by atoms with Gasteiger partial charge < -0.3 is 10.1 Å². The van der Waals surface area contributed by atoms with Crippen LogP contribution in [0.2, 0.25) is 5.02 Å². The largest absolute Gasteiger partial charge is 0.473 e. The molecule has 78 valence electrons. The van der Waals surface area contributed by atoms with Gasteiger partial charge in [0.2, 0.25) is 11.8 Å². The van der Waals surface area contributed by atoms with E-state index in [2.05, 4.69) is 15.3 Å². The zero-order valence-corrected chi connectivity index (χ0v) is 9.30. The Labute approximate surface area is 88.7 Å². The molecule has 5 heteroatoms. The normalized spacial score (nSPS) is 12.3. The van der Waals surface area contributed by atoms with E-state index in [0.717, 1.165) is 6.42 Å². The van der Waals surface area contributed by atoms with Crippen molar-refractivity contribution in [1.82, 2.24) is 9.97 Å². The van der Waals surface area contributed by atoms with Crippen LogP contribution < -0.4 is 10.1 Å². The molecule has 1 aromatic rings. The van der Waals surface area contributed by atoms with Gasteiger partial charge in [-0.15, -0.1) is 0 Å². The molecule has 0 saturated carbocycles. The van der Waals surface area contributed by atoms with Gasteiger partial charge in [0, 0.05) is 7.05 Å². The van der Waals surface area contributed by atoms with E-state index in [-0.39, 0.29) is 6.10 Å². The predicted octanol–water partition coefficient (Wildman–Crippen LogP) is 2.35. The summed E-state index contributed by atoms with van der Waals surface area (Å²) >= 11 is 5.88. The molecule has 14 heavy (non-hydrogen) atoms. The van der Waals surface area contributed by atoms with E-state index in [1.165, 1.54) is 6.20 Å². The molecule has 0 radical (unpaired) electrons. The highest BCUT2D eigenvalue weighted by Crippen LogP contribution is 2.23. The first-order valence-corrected chi connectivity index (χ1v) is 4.92. The smallest absolute Gasteiger partial charge is 0.237 e. The quantitative estimate of drug-likeness (QED) is 0.838. The highest BCUT2D eigenvalue weighted by molar-refractivity contribution is 6.31. The number of halogens is 1. The molecule has 4 nitrogen and oxygen atoms in total. The summed E-state index contributed by atoms with van der Waals surface area (Å²) in [7, 11) is 1.75. The van der Waals surface area contributed by atoms with E-state index < -0.39 is 0 Å². The first kappa shape index (κ1) is 11.0. The summed E-state index contributed by atoms with van der Waals surface area (Å²) in [5, 5.41) is 3.26. The summed E-state index contributed by atoms with van der Waals surface area (Å²) in [4.78, 5) is 8.06. The predicted molar refractivity (Wildman–Crippen MR) is 57.0 cm³/mol. The SMILES string of the molecule is CCC(C)Oc1nc(NC)ncc1Cl. The Morgan fingerprint density at radius 2 is 2.36 bits per heavy atom. The Kier molecular flexibility index (Phi) is 3.95. The van der Waals surface area contributed by atoms with Gasteiger partial charge in [-0.25, -0.2) is 4.98 Å². The van der Waals surface area contributed by atoms with Crippen LogP contribution in [0, 0.1) is 0 Å². The Balaban J connectivity index is 2.83. The number of rotatable bonds is 4. The third kappa shape index (κ3) is 2.73. The third-order valence-electron chi connectivity index (χ3n) is 1.82. The standard InChI is InChI=1S/C9H14ClN3O/c1-4-6(2)14-8-7(10)5-12-9(11-3)13-8/h5-6H,4H2,1-3H3,(H,11,12,13). The summed E-state index contributed by atoms with van der Waals surface area (Å²) in [6, 6.07) is 0. The minimum atomic E-state index is 0.104. The molecule has 1 atom stereocenters. The van der Waals surface area contributed by atoms with Crippen molar-refractivity contribution in [3.63, 3.8) is 0 Å². The molecule has 0 amide bonds. The molecule has 1 aromatic heterocycles. The maximum atomic E-state index is 5.88. The molecule has 1 N–H and O–H groups in total. The Morgan fingerprint density at radius 1 is 1.64 bits per heavy atom. The summed E-state index contributed by atoms with van der Waals surface area (Å²) in [6.45, 7) is 4.01. The summed E-state index contributed by atoms with van der Waals surface area (Å²) in [6.07, 6.45) is 2.54. The lowest BCUT2D eigenvalue weighted by Crippen LogP contribution is -2.12. The van der Waals surface area contributed by atoms with Crippen LogP contribution in [0.4, 0.5) is 5.95 Å². The molecule has 0 saturated heterocycles. The van der Waals surface area contributed by atoms with E-state index in [4.69, 9.17) is 16.3 Å². The topological polar surface area (TPSA) is 47.0 Å². The Bertz CT molecular complexity index is 306. The van der Waals surface area contributed by atoms with Gasteiger partial charge in [0.25, 0.3) is 0 Å². The van der Waals surface area contributed by atoms with E-state index in [1.807, 2.05) is 13.8 Å². The number of ether oxygens (including phenoxy) is 1. The second-order valence-electron chi connectivity index (χ2n) is 2.93. The van der Waals surface area contributed by atoms with Crippen LogP contribution in [-0.4, -0.2) is 23.1 Å². The lowest BCUT2D eigenvalue weighted by molar-refractivity contribution is 0.209. The summed E-state index contributed by atoms with van der Waals surface area (Å²) in [5.41, 5.74) is 0. The van der Waals surface area contributed by atoms with Gasteiger partial charge in [-0.05, 0) is 13.3 Å². The zero-order chi connectivity index (χ0) is 10.6. The Morgan fingerprint density at radius 3 is 2.93 bits per heavy atom. The number of hydrogen-bond acceptors (Lipinski definition) is 4. The van der Waals surface area contributed by atoms with Crippen molar-refractivity contribution in [2.24, 2.45) is 0 Å². The monoisotopic (exact) mass is 215 g/mol. The minimum absolute atomic E-state index is 0.104. The average molecular weight is 216 g/mol. The van der Waals surface area contributed by atoms with Gasteiger partial charge in [0.15, 0.2) is 0 Å². The van der Waals surface area contributed by atoms with Crippen LogP contribution in [0.1, 0.15) is 20.3 Å². The number of anilines is 1. The van der Waals surface area contributed by atoms with E-state index in [1.54, 1.807) is 7.05 Å². The van der Waals surface area contributed by atoms with Gasteiger partial charge in [-0.1, -0.05) is 18.5 Å². The molecule has 0 aromatic carbocycles. The second-order valence-corrected chi connectivity index (χ2v) is 3.34. The van der Waals surface area contributed by atoms with Crippen LogP contribution in [0.3, 0.4) is 0 Å². The number of hydrogen-bond donors (Lipinski definition) is 1. The van der Waals surface area contributed by atoms with Crippen LogP contribution in [0.15, 0.2) is 6.20 Å². The first-order chi connectivity index (χ1) is 6.67. The molecule has 0 aliphatic rings. The molecular formula is C9H14ClN3O. The van der Waals surface area contributed by atoms with Crippen LogP contribution in [0.25, 0.3) is 0 Å². The molecule has 0 aliphatic carbocycles. The van der Waals surface area contributed by atoms with Gasteiger partial charge in [0.1, 0.15) is 5.02 Å². The third-order valence-corrected chi connectivity index (χ3v) is 2.08. The molecule has 0 aliphatic heterocycles.